The molecular formula is C15H20N4. The third-order valence-electron chi connectivity index (χ3n) is 3.82. The molecule has 4 nitrogen and oxygen atoms in total. The van der Waals surface area contributed by atoms with E-state index in [1.54, 1.807) is 0 Å². The van der Waals surface area contributed by atoms with Gasteiger partial charge in [0.2, 0.25) is 0 Å². The first-order chi connectivity index (χ1) is 9.24. The molecule has 1 aromatic heterocycles. The summed E-state index contributed by atoms with van der Waals surface area (Å²) in [6.07, 6.45) is 2.19. The Kier molecular flexibility index (Phi) is 3.15. The standard InChI is InChI=1S/C15H20N4/c1-12-11-15(16)19(17-12)14-7-9-18(10-8-14)13-5-3-2-4-6-13/h2-6,11,14H,7-10,16H2,1H3. The highest BCUT2D eigenvalue weighted by atomic mass is 15.3. The van der Waals surface area contributed by atoms with Gasteiger partial charge in [-0.3, -0.25) is 0 Å². The molecule has 19 heavy (non-hydrogen) atoms. The Labute approximate surface area is 113 Å². The molecule has 2 heterocycles. The fraction of sp³-hybridized carbons (Fsp3) is 0.400. The van der Waals surface area contributed by atoms with Crippen molar-refractivity contribution in [2.75, 3.05) is 23.7 Å². The van der Waals surface area contributed by atoms with Crippen molar-refractivity contribution in [2.24, 2.45) is 0 Å². The summed E-state index contributed by atoms with van der Waals surface area (Å²) in [5.41, 5.74) is 8.32. The number of aryl methyl sites for hydroxylation is 1. The van der Waals surface area contributed by atoms with Crippen molar-refractivity contribution in [1.29, 1.82) is 0 Å². The normalized spacial score (nSPS) is 16.8. The Morgan fingerprint density at radius 1 is 1.16 bits per heavy atom. The highest BCUT2D eigenvalue weighted by Crippen LogP contribution is 2.27. The maximum atomic E-state index is 6.00. The van der Waals surface area contributed by atoms with Crippen molar-refractivity contribution < 1.29 is 0 Å². The van der Waals surface area contributed by atoms with Crippen LogP contribution in [-0.4, -0.2) is 22.9 Å². The van der Waals surface area contributed by atoms with E-state index in [4.69, 9.17) is 5.73 Å². The lowest BCUT2D eigenvalue weighted by molar-refractivity contribution is 0.370. The van der Waals surface area contributed by atoms with Gasteiger partial charge in [-0.25, -0.2) is 4.68 Å². The summed E-state index contributed by atoms with van der Waals surface area (Å²) in [6.45, 7) is 4.12. The number of nitrogens with zero attached hydrogens (tertiary/aromatic N) is 3. The zero-order valence-electron chi connectivity index (χ0n) is 11.3. The molecule has 0 saturated carbocycles. The molecule has 2 aromatic rings. The predicted molar refractivity (Wildman–Crippen MR) is 78.3 cm³/mol. The van der Waals surface area contributed by atoms with E-state index < -0.39 is 0 Å². The van der Waals surface area contributed by atoms with E-state index in [0.29, 0.717) is 6.04 Å². The number of benzene rings is 1. The largest absolute Gasteiger partial charge is 0.384 e. The second kappa shape index (κ2) is 4.96. The minimum Gasteiger partial charge on any atom is -0.384 e. The molecular weight excluding hydrogens is 236 g/mol. The average molecular weight is 256 g/mol. The lowest BCUT2D eigenvalue weighted by atomic mass is 10.0. The number of piperidine rings is 1. The Balaban J connectivity index is 1.68. The highest BCUT2D eigenvalue weighted by molar-refractivity contribution is 5.46. The third kappa shape index (κ3) is 2.43. The van der Waals surface area contributed by atoms with Crippen molar-refractivity contribution in [3.05, 3.63) is 42.1 Å². The van der Waals surface area contributed by atoms with Gasteiger partial charge in [-0.15, -0.1) is 0 Å². The molecule has 0 amide bonds. The number of nitrogen functional groups attached to an aromatic ring is 1. The van der Waals surface area contributed by atoms with Crippen LogP contribution in [0.15, 0.2) is 36.4 Å². The number of aromatic nitrogens is 2. The summed E-state index contributed by atoms with van der Waals surface area (Å²) in [4.78, 5) is 2.43. The van der Waals surface area contributed by atoms with E-state index in [-0.39, 0.29) is 0 Å². The van der Waals surface area contributed by atoms with E-state index >= 15 is 0 Å². The summed E-state index contributed by atoms with van der Waals surface area (Å²) in [6, 6.07) is 13.0. The van der Waals surface area contributed by atoms with Crippen LogP contribution in [0.25, 0.3) is 0 Å². The lowest BCUT2D eigenvalue weighted by Gasteiger charge is -2.34. The fourth-order valence-corrected chi connectivity index (χ4v) is 2.84. The quantitative estimate of drug-likeness (QED) is 0.898. The summed E-state index contributed by atoms with van der Waals surface area (Å²) in [7, 11) is 0. The van der Waals surface area contributed by atoms with Gasteiger partial charge in [-0.2, -0.15) is 5.10 Å². The first-order valence-electron chi connectivity index (χ1n) is 6.85. The second-order valence-electron chi connectivity index (χ2n) is 5.21. The van der Waals surface area contributed by atoms with Gasteiger partial charge >= 0.3 is 0 Å². The summed E-state index contributed by atoms with van der Waals surface area (Å²) in [5, 5.41) is 4.50. The molecule has 3 rings (SSSR count). The maximum absolute atomic E-state index is 6.00. The summed E-state index contributed by atoms with van der Waals surface area (Å²) >= 11 is 0. The number of hydrogen-bond acceptors (Lipinski definition) is 3. The topological polar surface area (TPSA) is 47.1 Å². The van der Waals surface area contributed by atoms with Gasteiger partial charge in [0.1, 0.15) is 5.82 Å². The number of para-hydroxylation sites is 1. The van der Waals surface area contributed by atoms with Crippen molar-refractivity contribution in [2.45, 2.75) is 25.8 Å². The van der Waals surface area contributed by atoms with Crippen LogP contribution in [0.3, 0.4) is 0 Å². The molecule has 0 unspecified atom stereocenters. The molecule has 1 fully saturated rings. The van der Waals surface area contributed by atoms with Crippen LogP contribution < -0.4 is 10.6 Å². The van der Waals surface area contributed by atoms with Gasteiger partial charge in [0.25, 0.3) is 0 Å². The van der Waals surface area contributed by atoms with Gasteiger partial charge in [0.05, 0.1) is 11.7 Å². The molecule has 1 saturated heterocycles. The van der Waals surface area contributed by atoms with Crippen molar-refractivity contribution in [3.8, 4) is 0 Å². The van der Waals surface area contributed by atoms with Gasteiger partial charge in [-0.1, -0.05) is 18.2 Å². The molecule has 1 aromatic carbocycles. The smallest absolute Gasteiger partial charge is 0.122 e. The molecule has 0 aliphatic carbocycles. The maximum Gasteiger partial charge on any atom is 0.122 e. The SMILES string of the molecule is Cc1cc(N)n(C2CCN(c3ccccc3)CC2)n1. The van der Waals surface area contributed by atoms with E-state index in [1.807, 2.05) is 17.7 Å². The first kappa shape index (κ1) is 12.1. The van der Waals surface area contributed by atoms with Gasteiger partial charge in [-0.05, 0) is 31.9 Å². The van der Waals surface area contributed by atoms with Crippen LogP contribution in [0.4, 0.5) is 11.5 Å². The van der Waals surface area contributed by atoms with Crippen LogP contribution >= 0.6 is 0 Å². The van der Waals surface area contributed by atoms with Crippen molar-refractivity contribution >= 4 is 11.5 Å². The van der Waals surface area contributed by atoms with Crippen molar-refractivity contribution in [3.63, 3.8) is 0 Å². The zero-order chi connectivity index (χ0) is 13.2. The summed E-state index contributed by atoms with van der Waals surface area (Å²) in [5.74, 6) is 0.788. The first-order valence-corrected chi connectivity index (χ1v) is 6.85. The number of nitrogens with two attached hydrogens (primary N) is 1. The van der Waals surface area contributed by atoms with Crippen molar-refractivity contribution in [1.82, 2.24) is 9.78 Å². The van der Waals surface area contributed by atoms with Crippen LogP contribution in [0, 0.1) is 6.92 Å². The van der Waals surface area contributed by atoms with E-state index in [2.05, 4.69) is 40.3 Å². The minimum absolute atomic E-state index is 0.439. The van der Waals surface area contributed by atoms with Gasteiger partial charge < -0.3 is 10.6 Å². The van der Waals surface area contributed by atoms with Crippen LogP contribution in [0.1, 0.15) is 24.6 Å². The van der Waals surface area contributed by atoms with E-state index in [0.717, 1.165) is 37.4 Å². The van der Waals surface area contributed by atoms with E-state index in [1.165, 1.54) is 5.69 Å². The molecule has 0 bridgehead atoms. The molecule has 0 spiro atoms. The molecule has 2 N–H and O–H groups in total. The summed E-state index contributed by atoms with van der Waals surface area (Å²) < 4.78 is 2.00. The minimum atomic E-state index is 0.439. The molecule has 4 heteroatoms. The molecule has 0 atom stereocenters. The number of anilines is 2. The van der Waals surface area contributed by atoms with Gasteiger partial charge in [0, 0.05) is 24.8 Å². The third-order valence-corrected chi connectivity index (χ3v) is 3.82. The number of rotatable bonds is 2. The highest BCUT2D eigenvalue weighted by Gasteiger charge is 2.22. The average Bonchev–Trinajstić information content (AvgIpc) is 2.79. The molecule has 1 aliphatic heterocycles. The van der Waals surface area contributed by atoms with Crippen LogP contribution in [-0.2, 0) is 0 Å². The zero-order valence-corrected chi connectivity index (χ0v) is 11.3. The van der Waals surface area contributed by atoms with Crippen LogP contribution in [0.5, 0.6) is 0 Å². The second-order valence-corrected chi connectivity index (χ2v) is 5.21. The Morgan fingerprint density at radius 3 is 2.42 bits per heavy atom. The molecule has 100 valence electrons. The molecule has 1 aliphatic rings. The van der Waals surface area contributed by atoms with Gasteiger partial charge in [0.15, 0.2) is 0 Å². The lowest BCUT2D eigenvalue weighted by Crippen LogP contribution is -2.35. The monoisotopic (exact) mass is 256 g/mol. The Hall–Kier alpha value is -1.97. The van der Waals surface area contributed by atoms with E-state index in [9.17, 15) is 0 Å². The van der Waals surface area contributed by atoms with Crippen LogP contribution in [0.2, 0.25) is 0 Å². The fourth-order valence-electron chi connectivity index (χ4n) is 2.84. The Bertz CT molecular complexity index is 539. The Morgan fingerprint density at radius 2 is 1.84 bits per heavy atom. The predicted octanol–water partition coefficient (Wildman–Crippen LogP) is 2.62. The number of hydrogen-bond donors (Lipinski definition) is 1. The molecule has 0 radical (unpaired) electrons.